The number of halogens is 1. The van der Waals surface area contributed by atoms with Crippen molar-refractivity contribution >= 4 is 0 Å². The monoisotopic (exact) mass is 247 g/mol. The highest BCUT2D eigenvalue weighted by Crippen LogP contribution is 2.20. The molecule has 0 amide bonds. The van der Waals surface area contributed by atoms with Gasteiger partial charge in [0.05, 0.1) is 5.69 Å². The van der Waals surface area contributed by atoms with E-state index in [0.717, 1.165) is 0 Å². The third-order valence-corrected chi connectivity index (χ3v) is 2.51. The van der Waals surface area contributed by atoms with Gasteiger partial charge in [0.15, 0.2) is 5.82 Å². The topological polar surface area (TPSA) is 72.0 Å². The van der Waals surface area contributed by atoms with Gasteiger partial charge in [-0.05, 0) is 25.1 Å². The van der Waals surface area contributed by atoms with E-state index in [2.05, 4.69) is 9.97 Å². The van der Waals surface area contributed by atoms with Crippen LogP contribution in [0.1, 0.15) is 17.6 Å². The summed E-state index contributed by atoms with van der Waals surface area (Å²) in [5, 5.41) is 9.66. The maximum absolute atomic E-state index is 13.2. The van der Waals surface area contributed by atoms with Gasteiger partial charge >= 0.3 is 0 Å². The van der Waals surface area contributed by atoms with Crippen molar-refractivity contribution in [1.29, 1.82) is 0 Å². The summed E-state index contributed by atoms with van der Waals surface area (Å²) in [6, 6.07) is 7.86. The fourth-order valence-electron chi connectivity index (χ4n) is 1.64. The van der Waals surface area contributed by atoms with Crippen LogP contribution in [0.2, 0.25) is 0 Å². The fourth-order valence-corrected chi connectivity index (χ4v) is 1.64. The second kappa shape index (κ2) is 5.20. The summed E-state index contributed by atoms with van der Waals surface area (Å²) in [5.41, 5.74) is 7.30. The molecule has 3 N–H and O–H groups in total. The normalized spacial score (nSPS) is 12.4. The molecule has 0 spiro atoms. The van der Waals surface area contributed by atoms with E-state index < -0.39 is 6.10 Å². The van der Waals surface area contributed by atoms with E-state index in [-0.39, 0.29) is 18.2 Å². The molecule has 0 saturated carbocycles. The van der Waals surface area contributed by atoms with Crippen LogP contribution in [0.3, 0.4) is 0 Å². The molecule has 0 fully saturated rings. The summed E-state index contributed by atoms with van der Waals surface area (Å²) >= 11 is 0. The molecule has 0 radical (unpaired) electrons. The zero-order valence-corrected chi connectivity index (χ0v) is 9.97. The minimum Gasteiger partial charge on any atom is -0.384 e. The molecular weight excluding hydrogens is 233 g/mol. The van der Waals surface area contributed by atoms with Gasteiger partial charge in [-0.25, -0.2) is 14.4 Å². The van der Waals surface area contributed by atoms with Crippen LogP contribution in [0.15, 0.2) is 30.3 Å². The molecule has 0 aliphatic heterocycles. The molecule has 1 aromatic carbocycles. The number of nitrogens with two attached hydrogens (primary N) is 1. The highest BCUT2D eigenvalue weighted by Gasteiger charge is 2.11. The summed E-state index contributed by atoms with van der Waals surface area (Å²) in [6.45, 7) is 1.84. The second-order valence-corrected chi connectivity index (χ2v) is 4.01. The largest absolute Gasteiger partial charge is 0.384 e. The van der Waals surface area contributed by atoms with Crippen LogP contribution in [0, 0.1) is 12.7 Å². The van der Waals surface area contributed by atoms with Gasteiger partial charge < -0.3 is 10.8 Å². The maximum Gasteiger partial charge on any atom is 0.159 e. The zero-order valence-electron chi connectivity index (χ0n) is 9.97. The number of hydrogen-bond donors (Lipinski definition) is 2. The van der Waals surface area contributed by atoms with E-state index in [1.807, 2.05) is 0 Å². The molecule has 5 heteroatoms. The van der Waals surface area contributed by atoms with E-state index in [9.17, 15) is 9.50 Å². The SMILES string of the molecule is Cc1cc(-c2cccc(F)c2)nc(C(O)CN)n1. The number of aromatic nitrogens is 2. The first kappa shape index (κ1) is 12.6. The quantitative estimate of drug-likeness (QED) is 0.863. The van der Waals surface area contributed by atoms with Crippen LogP contribution in [-0.2, 0) is 0 Å². The molecule has 0 aliphatic rings. The van der Waals surface area contributed by atoms with Gasteiger partial charge in [-0.2, -0.15) is 0 Å². The lowest BCUT2D eigenvalue weighted by molar-refractivity contribution is 0.176. The predicted molar refractivity (Wildman–Crippen MR) is 66.2 cm³/mol. The predicted octanol–water partition coefficient (Wildman–Crippen LogP) is 1.58. The molecule has 2 aromatic rings. The van der Waals surface area contributed by atoms with Crippen LogP contribution in [0.25, 0.3) is 11.3 Å². The Balaban J connectivity index is 2.48. The minimum absolute atomic E-state index is 0.0477. The number of aliphatic hydroxyl groups excluding tert-OH is 1. The molecular formula is C13H14FN3O. The van der Waals surface area contributed by atoms with Crippen molar-refractivity contribution in [1.82, 2.24) is 9.97 Å². The Morgan fingerprint density at radius 3 is 2.78 bits per heavy atom. The molecule has 1 heterocycles. The Labute approximate surface area is 104 Å². The zero-order chi connectivity index (χ0) is 13.1. The lowest BCUT2D eigenvalue weighted by Gasteiger charge is -2.09. The molecule has 18 heavy (non-hydrogen) atoms. The van der Waals surface area contributed by atoms with Gasteiger partial charge in [-0.3, -0.25) is 0 Å². The lowest BCUT2D eigenvalue weighted by atomic mass is 10.1. The highest BCUT2D eigenvalue weighted by atomic mass is 19.1. The average Bonchev–Trinajstić information content (AvgIpc) is 2.37. The fraction of sp³-hybridized carbons (Fsp3) is 0.231. The van der Waals surface area contributed by atoms with Crippen molar-refractivity contribution in [2.45, 2.75) is 13.0 Å². The van der Waals surface area contributed by atoms with Crippen LogP contribution in [0.4, 0.5) is 4.39 Å². The lowest BCUT2D eigenvalue weighted by Crippen LogP contribution is -2.15. The summed E-state index contributed by atoms with van der Waals surface area (Å²) in [4.78, 5) is 8.33. The van der Waals surface area contributed by atoms with Crippen LogP contribution in [-0.4, -0.2) is 21.6 Å². The molecule has 1 atom stereocenters. The van der Waals surface area contributed by atoms with E-state index >= 15 is 0 Å². The first-order chi connectivity index (χ1) is 8.60. The van der Waals surface area contributed by atoms with Gasteiger partial charge in [0.25, 0.3) is 0 Å². The molecule has 94 valence electrons. The van der Waals surface area contributed by atoms with Crippen molar-refractivity contribution in [3.05, 3.63) is 47.7 Å². The Morgan fingerprint density at radius 1 is 1.33 bits per heavy atom. The molecule has 0 aliphatic carbocycles. The Bertz CT molecular complexity index is 560. The number of aryl methyl sites for hydroxylation is 1. The number of aliphatic hydroxyl groups is 1. The maximum atomic E-state index is 13.2. The van der Waals surface area contributed by atoms with Crippen molar-refractivity contribution in [3.63, 3.8) is 0 Å². The number of rotatable bonds is 3. The van der Waals surface area contributed by atoms with Crippen molar-refractivity contribution in [2.75, 3.05) is 6.54 Å². The van der Waals surface area contributed by atoms with E-state index in [0.29, 0.717) is 17.0 Å². The van der Waals surface area contributed by atoms with Crippen LogP contribution >= 0.6 is 0 Å². The minimum atomic E-state index is -0.905. The molecule has 0 bridgehead atoms. The first-order valence-electron chi connectivity index (χ1n) is 5.60. The molecule has 4 nitrogen and oxygen atoms in total. The second-order valence-electron chi connectivity index (χ2n) is 4.01. The van der Waals surface area contributed by atoms with Gasteiger partial charge in [0.2, 0.25) is 0 Å². The van der Waals surface area contributed by atoms with Crippen molar-refractivity contribution in [3.8, 4) is 11.3 Å². The summed E-state index contributed by atoms with van der Waals surface area (Å²) < 4.78 is 13.2. The molecule has 0 saturated heterocycles. The standard InChI is InChI=1S/C13H14FN3O/c1-8-5-11(9-3-2-4-10(14)6-9)17-13(16-8)12(18)7-15/h2-6,12,18H,7,15H2,1H3. The highest BCUT2D eigenvalue weighted by molar-refractivity contribution is 5.59. The molecule has 1 unspecified atom stereocenters. The Morgan fingerprint density at radius 2 is 2.11 bits per heavy atom. The smallest absolute Gasteiger partial charge is 0.159 e. The first-order valence-corrected chi connectivity index (χ1v) is 5.60. The third-order valence-electron chi connectivity index (χ3n) is 2.51. The van der Waals surface area contributed by atoms with Crippen molar-refractivity contribution < 1.29 is 9.50 Å². The molecule has 1 aromatic heterocycles. The molecule has 2 rings (SSSR count). The van der Waals surface area contributed by atoms with Gasteiger partial charge in [-0.1, -0.05) is 12.1 Å². The number of benzene rings is 1. The summed E-state index contributed by atoms with van der Waals surface area (Å²) in [7, 11) is 0. The van der Waals surface area contributed by atoms with Crippen molar-refractivity contribution in [2.24, 2.45) is 5.73 Å². The van der Waals surface area contributed by atoms with Crippen LogP contribution in [0.5, 0.6) is 0 Å². The number of nitrogens with zero attached hydrogens (tertiary/aromatic N) is 2. The summed E-state index contributed by atoms with van der Waals surface area (Å²) in [6.07, 6.45) is -0.905. The number of hydrogen-bond acceptors (Lipinski definition) is 4. The Hall–Kier alpha value is -1.85. The Kier molecular flexibility index (Phi) is 3.64. The third kappa shape index (κ3) is 2.69. The van der Waals surface area contributed by atoms with E-state index in [1.54, 1.807) is 25.1 Å². The van der Waals surface area contributed by atoms with Gasteiger partial charge in [-0.15, -0.1) is 0 Å². The van der Waals surface area contributed by atoms with Crippen LogP contribution < -0.4 is 5.73 Å². The van der Waals surface area contributed by atoms with Gasteiger partial charge in [0, 0.05) is 17.8 Å². The summed E-state index contributed by atoms with van der Waals surface area (Å²) in [5.74, 6) is -0.0681. The van der Waals surface area contributed by atoms with E-state index in [1.165, 1.54) is 12.1 Å². The average molecular weight is 247 g/mol. The van der Waals surface area contributed by atoms with Gasteiger partial charge in [0.1, 0.15) is 11.9 Å². The van der Waals surface area contributed by atoms with E-state index in [4.69, 9.17) is 5.73 Å².